The molecule has 4 heterocycles. The molecule has 0 bridgehead atoms. The molecule has 0 saturated carbocycles. The number of hydrogen-bond acceptors (Lipinski definition) is 17. The molecule has 228 valence electrons. The van der Waals surface area contributed by atoms with E-state index < -0.39 is 124 Å². The summed E-state index contributed by atoms with van der Waals surface area (Å²) in [6.45, 7) is -1.03. The normalized spacial score (nSPS) is 53.2. The smallest absolute Gasteiger partial charge is 0.187 e. The van der Waals surface area contributed by atoms with Gasteiger partial charge in [0.05, 0.1) is 39.1 Å². The van der Waals surface area contributed by atoms with E-state index >= 15 is 0 Å². The first-order chi connectivity index (χ1) is 18.4. The van der Waals surface area contributed by atoms with E-state index in [1.807, 2.05) is 0 Å². The van der Waals surface area contributed by atoms with Crippen molar-refractivity contribution in [2.24, 2.45) is 0 Å². The highest BCUT2D eigenvalue weighted by atomic mass is 16.8. The van der Waals surface area contributed by atoms with Crippen LogP contribution in [0.3, 0.4) is 0 Å². The Morgan fingerprint density at radius 3 is 1.95 bits per heavy atom. The molecule has 0 aromatic heterocycles. The molecule has 4 saturated heterocycles. The van der Waals surface area contributed by atoms with Crippen LogP contribution in [0.5, 0.6) is 0 Å². The van der Waals surface area contributed by atoms with Crippen LogP contribution in [0.4, 0.5) is 0 Å². The summed E-state index contributed by atoms with van der Waals surface area (Å²) in [7, 11) is 0. The fourth-order valence-corrected chi connectivity index (χ4v) is 4.90. The van der Waals surface area contributed by atoms with E-state index in [4.69, 9.17) is 33.2 Å². The van der Waals surface area contributed by atoms with Crippen LogP contribution in [0.2, 0.25) is 0 Å². The number of hydrogen-bond donors (Lipinski definition) is 10. The molecule has 0 spiro atoms. The van der Waals surface area contributed by atoms with Gasteiger partial charge in [0.25, 0.3) is 0 Å². The first kappa shape index (κ1) is 31.3. The number of rotatable bonds is 8. The Kier molecular flexibility index (Phi) is 10.2. The molecule has 16 atom stereocenters. The molecule has 0 unspecified atom stereocenters. The molecule has 4 rings (SSSR count). The van der Waals surface area contributed by atoms with Gasteiger partial charge in [-0.1, -0.05) is 0 Å². The molecule has 0 aromatic carbocycles. The summed E-state index contributed by atoms with van der Waals surface area (Å²) in [5.41, 5.74) is -2.00. The molecule has 4 fully saturated rings. The van der Waals surface area contributed by atoms with Gasteiger partial charge in [-0.25, -0.2) is 0 Å². The second-order valence-electron chi connectivity index (χ2n) is 10.3. The Hall–Kier alpha value is -0.680. The van der Waals surface area contributed by atoms with Crippen LogP contribution in [0.15, 0.2) is 0 Å². The summed E-state index contributed by atoms with van der Waals surface area (Å²) < 4.78 is 38.6. The van der Waals surface area contributed by atoms with Crippen molar-refractivity contribution in [2.45, 2.75) is 105 Å². The molecule has 0 radical (unpaired) electrons. The lowest BCUT2D eigenvalue weighted by Crippen LogP contribution is -2.64. The highest BCUT2D eigenvalue weighted by molar-refractivity contribution is 4.96. The van der Waals surface area contributed by atoms with Crippen molar-refractivity contribution in [2.75, 3.05) is 33.0 Å². The van der Waals surface area contributed by atoms with E-state index in [2.05, 4.69) is 0 Å². The average Bonchev–Trinajstić information content (AvgIpc) is 3.20. The van der Waals surface area contributed by atoms with Gasteiger partial charge in [-0.15, -0.1) is 0 Å². The van der Waals surface area contributed by atoms with Crippen molar-refractivity contribution in [1.29, 1.82) is 0 Å². The van der Waals surface area contributed by atoms with Crippen LogP contribution in [-0.4, -0.2) is 182 Å². The van der Waals surface area contributed by atoms with Crippen LogP contribution in [0.1, 0.15) is 6.92 Å². The standard InChI is InChI=1S/C22H38O17/c1-7-15(17(9(26)3-33-7)39-20-13(29)12(28)11(27)10(2-23)36-20)37-19-14(30)16(8(25)4-34-19)38-21-18(31)22(32,5-24)6-35-21/h7-21,23-32H,2-6H2,1H3/t7-,8+,9-,10+,11+,12-,13+,14+,15-,16-,17-,18-,19-,20-,21-,22+/m0/s1. The lowest BCUT2D eigenvalue weighted by Gasteiger charge is -2.46. The van der Waals surface area contributed by atoms with Gasteiger partial charge in [-0.2, -0.15) is 0 Å². The molecule has 4 aliphatic rings. The van der Waals surface area contributed by atoms with Crippen molar-refractivity contribution in [3.8, 4) is 0 Å². The van der Waals surface area contributed by atoms with Crippen LogP contribution in [0.25, 0.3) is 0 Å². The van der Waals surface area contributed by atoms with Crippen LogP contribution in [0, 0.1) is 0 Å². The number of aliphatic hydroxyl groups excluding tert-OH is 9. The largest absolute Gasteiger partial charge is 0.394 e. The van der Waals surface area contributed by atoms with Gasteiger partial charge in [-0.3, -0.25) is 0 Å². The number of ether oxygens (including phenoxy) is 7. The zero-order valence-electron chi connectivity index (χ0n) is 21.0. The third-order valence-electron chi connectivity index (χ3n) is 7.42. The molecule has 17 nitrogen and oxygen atoms in total. The first-order valence-corrected chi connectivity index (χ1v) is 12.6. The predicted molar refractivity (Wildman–Crippen MR) is 119 cm³/mol. The lowest BCUT2D eigenvalue weighted by atomic mass is 9.97. The van der Waals surface area contributed by atoms with Crippen LogP contribution >= 0.6 is 0 Å². The monoisotopic (exact) mass is 574 g/mol. The van der Waals surface area contributed by atoms with Crippen molar-refractivity contribution in [1.82, 2.24) is 0 Å². The summed E-state index contributed by atoms with van der Waals surface area (Å²) in [5, 5.41) is 102. The van der Waals surface area contributed by atoms with Gasteiger partial charge < -0.3 is 84.2 Å². The minimum Gasteiger partial charge on any atom is -0.394 e. The van der Waals surface area contributed by atoms with Crippen molar-refractivity contribution >= 4 is 0 Å². The van der Waals surface area contributed by atoms with Gasteiger partial charge in [0.2, 0.25) is 0 Å². The number of aliphatic hydroxyl groups is 10. The van der Waals surface area contributed by atoms with E-state index in [1.165, 1.54) is 0 Å². The van der Waals surface area contributed by atoms with Gasteiger partial charge in [0.1, 0.15) is 72.7 Å². The third kappa shape index (κ3) is 6.25. The van der Waals surface area contributed by atoms with Crippen molar-refractivity contribution in [3.05, 3.63) is 0 Å². The summed E-state index contributed by atoms with van der Waals surface area (Å²) in [6.07, 6.45) is -21.9. The molecule has 0 amide bonds. The zero-order valence-corrected chi connectivity index (χ0v) is 21.0. The molecule has 10 N–H and O–H groups in total. The highest BCUT2D eigenvalue weighted by Gasteiger charge is 2.53. The maximum Gasteiger partial charge on any atom is 0.187 e. The Morgan fingerprint density at radius 2 is 1.31 bits per heavy atom. The van der Waals surface area contributed by atoms with Gasteiger partial charge in [-0.05, 0) is 6.92 Å². The predicted octanol–water partition coefficient (Wildman–Crippen LogP) is -6.76. The van der Waals surface area contributed by atoms with Gasteiger partial charge in [0.15, 0.2) is 18.9 Å². The second-order valence-corrected chi connectivity index (χ2v) is 10.3. The van der Waals surface area contributed by atoms with E-state index in [9.17, 15) is 51.1 Å². The minimum absolute atomic E-state index is 0.216. The Labute approximate surface area is 222 Å². The Bertz CT molecular complexity index is 790. The summed E-state index contributed by atoms with van der Waals surface area (Å²) >= 11 is 0. The Morgan fingerprint density at radius 1 is 0.692 bits per heavy atom. The van der Waals surface area contributed by atoms with Crippen LogP contribution < -0.4 is 0 Å². The van der Waals surface area contributed by atoms with E-state index in [0.29, 0.717) is 0 Å². The van der Waals surface area contributed by atoms with Crippen LogP contribution in [-0.2, 0) is 33.2 Å². The summed E-state index contributed by atoms with van der Waals surface area (Å²) in [6, 6.07) is 0. The van der Waals surface area contributed by atoms with E-state index in [0.717, 1.165) is 0 Å². The topological polar surface area (TPSA) is 267 Å². The van der Waals surface area contributed by atoms with E-state index in [-0.39, 0.29) is 6.61 Å². The molecule has 17 heteroatoms. The van der Waals surface area contributed by atoms with Crippen molar-refractivity contribution < 1.29 is 84.2 Å². The maximum absolute atomic E-state index is 10.9. The van der Waals surface area contributed by atoms with E-state index in [1.54, 1.807) is 6.92 Å². The molecule has 0 aliphatic carbocycles. The second kappa shape index (κ2) is 12.7. The Balaban J connectivity index is 1.46. The maximum atomic E-state index is 10.9. The molecule has 0 aromatic rings. The summed E-state index contributed by atoms with van der Waals surface area (Å²) in [5.74, 6) is 0. The van der Waals surface area contributed by atoms with Crippen molar-refractivity contribution in [3.63, 3.8) is 0 Å². The quantitative estimate of drug-likeness (QED) is 0.129. The molecule has 4 aliphatic heterocycles. The first-order valence-electron chi connectivity index (χ1n) is 12.6. The van der Waals surface area contributed by atoms with Gasteiger partial charge >= 0.3 is 0 Å². The minimum atomic E-state index is -2.00. The van der Waals surface area contributed by atoms with Gasteiger partial charge in [0, 0.05) is 0 Å². The molecular formula is C22H38O17. The average molecular weight is 575 g/mol. The fraction of sp³-hybridized carbons (Fsp3) is 1.00. The summed E-state index contributed by atoms with van der Waals surface area (Å²) in [4.78, 5) is 0. The fourth-order valence-electron chi connectivity index (χ4n) is 4.90. The lowest BCUT2D eigenvalue weighted by molar-refractivity contribution is -0.361. The zero-order chi connectivity index (χ0) is 28.6. The SMILES string of the molecule is C[C@@H]1OC[C@H](O)[C@H](O[C@@H]2O[C@H](CO)[C@@H](O)[C@H](O)[C@H]2O)[C@H]1O[C@@H]1OC[C@@H](O)[C@H](O[C@@H]2OC[C@](O)(CO)[C@H]2O)[C@H]1O. The molecular weight excluding hydrogens is 536 g/mol. The highest BCUT2D eigenvalue weighted by Crippen LogP contribution is 2.32. The molecule has 39 heavy (non-hydrogen) atoms. The third-order valence-corrected chi connectivity index (χ3v) is 7.42.